The molecule has 1 saturated carbocycles. The first kappa shape index (κ1) is 18.0. The van der Waals surface area contributed by atoms with E-state index in [4.69, 9.17) is 11.6 Å². The molecule has 4 heteroatoms. The number of hydrogen-bond donors (Lipinski definition) is 1. The lowest BCUT2D eigenvalue weighted by Gasteiger charge is -2.32. The summed E-state index contributed by atoms with van der Waals surface area (Å²) >= 11 is 6.63. The van der Waals surface area contributed by atoms with Gasteiger partial charge in [0.05, 0.1) is 0 Å². The van der Waals surface area contributed by atoms with Crippen LogP contribution < -0.4 is 5.32 Å². The molecule has 1 aliphatic heterocycles. The fourth-order valence-electron chi connectivity index (χ4n) is 3.88. The minimum absolute atomic E-state index is 0.144. The third-order valence-electron chi connectivity index (χ3n) is 5.84. The number of piperazine rings is 1. The molecule has 0 amide bonds. The van der Waals surface area contributed by atoms with Gasteiger partial charge in [-0.1, -0.05) is 54.1 Å². The van der Waals surface area contributed by atoms with Gasteiger partial charge in [0.2, 0.25) is 0 Å². The first-order chi connectivity index (χ1) is 12.7. The lowest BCUT2D eigenvalue weighted by molar-refractivity contribution is 0.153. The van der Waals surface area contributed by atoms with Gasteiger partial charge in [0.15, 0.2) is 0 Å². The number of halogens is 1. The van der Waals surface area contributed by atoms with Crippen molar-refractivity contribution in [3.05, 3.63) is 59.1 Å². The zero-order chi connectivity index (χ0) is 18.0. The smallest absolute Gasteiger partial charge is 0.0487 e. The second-order valence-corrected chi connectivity index (χ2v) is 8.12. The van der Waals surface area contributed by atoms with Gasteiger partial charge in [-0.15, -0.1) is 0 Å². The van der Waals surface area contributed by atoms with Gasteiger partial charge in [-0.05, 0) is 37.1 Å². The van der Waals surface area contributed by atoms with E-state index in [9.17, 15) is 0 Å². The van der Waals surface area contributed by atoms with Gasteiger partial charge in [0.1, 0.15) is 0 Å². The summed E-state index contributed by atoms with van der Waals surface area (Å²) in [6.07, 6.45) is 2.41. The van der Waals surface area contributed by atoms with Crippen LogP contribution in [0.3, 0.4) is 0 Å². The normalized spacial score (nSPS) is 20.2. The summed E-state index contributed by atoms with van der Waals surface area (Å²) in [5, 5.41) is 4.67. The molecule has 1 aliphatic carbocycles. The first-order valence-electron chi connectivity index (χ1n) is 9.68. The van der Waals surface area contributed by atoms with Gasteiger partial charge in [-0.25, -0.2) is 0 Å². The average molecular weight is 370 g/mol. The Balaban J connectivity index is 1.38. The van der Waals surface area contributed by atoms with Crippen LogP contribution in [0.5, 0.6) is 0 Å². The van der Waals surface area contributed by atoms with Gasteiger partial charge in [0.25, 0.3) is 0 Å². The van der Waals surface area contributed by atoms with Gasteiger partial charge in [0, 0.05) is 55.4 Å². The Hall–Kier alpha value is -1.39. The number of rotatable bonds is 6. The van der Waals surface area contributed by atoms with E-state index in [1.54, 1.807) is 0 Å². The molecular weight excluding hydrogens is 342 g/mol. The Kier molecular flexibility index (Phi) is 5.32. The molecule has 4 rings (SSSR count). The van der Waals surface area contributed by atoms with E-state index in [1.807, 2.05) is 6.07 Å². The first-order valence-corrected chi connectivity index (χ1v) is 10.1. The number of likely N-dealkylation sites (N-methyl/N-ethyl adjacent to an activating group) is 1. The van der Waals surface area contributed by atoms with Crippen molar-refractivity contribution < 1.29 is 0 Å². The van der Waals surface area contributed by atoms with Crippen LogP contribution in [-0.4, -0.2) is 56.1 Å². The molecule has 1 N–H and O–H groups in total. The van der Waals surface area contributed by atoms with E-state index < -0.39 is 0 Å². The maximum Gasteiger partial charge on any atom is 0.0487 e. The highest BCUT2D eigenvalue weighted by Crippen LogP contribution is 2.46. The zero-order valence-electron chi connectivity index (χ0n) is 15.5. The maximum absolute atomic E-state index is 6.63. The number of benzene rings is 2. The Morgan fingerprint density at radius 1 is 1.00 bits per heavy atom. The van der Waals surface area contributed by atoms with Crippen LogP contribution in [-0.2, 0) is 5.54 Å². The molecule has 1 saturated heterocycles. The average Bonchev–Trinajstić information content (AvgIpc) is 3.45. The summed E-state index contributed by atoms with van der Waals surface area (Å²) in [5.74, 6) is 0. The van der Waals surface area contributed by atoms with Gasteiger partial charge in [-0.2, -0.15) is 0 Å². The van der Waals surface area contributed by atoms with E-state index in [1.165, 1.54) is 50.1 Å². The van der Waals surface area contributed by atoms with Crippen LogP contribution >= 0.6 is 11.6 Å². The Labute approximate surface area is 161 Å². The second kappa shape index (κ2) is 7.69. The van der Waals surface area contributed by atoms with Gasteiger partial charge in [-0.3, -0.25) is 4.90 Å². The predicted molar refractivity (Wildman–Crippen MR) is 110 cm³/mol. The summed E-state index contributed by atoms with van der Waals surface area (Å²) in [4.78, 5) is 4.97. The Bertz CT molecular complexity index is 734. The minimum atomic E-state index is 0.144. The molecular formula is C22H28ClN3. The third-order valence-corrected chi connectivity index (χ3v) is 6.16. The predicted octanol–water partition coefficient (Wildman–Crippen LogP) is 3.83. The number of nitrogens with zero attached hydrogens (tertiary/aromatic N) is 2. The van der Waals surface area contributed by atoms with E-state index >= 15 is 0 Å². The van der Waals surface area contributed by atoms with E-state index in [-0.39, 0.29) is 5.54 Å². The van der Waals surface area contributed by atoms with Crippen LogP contribution in [0.25, 0.3) is 11.1 Å². The largest absolute Gasteiger partial charge is 0.306 e. The summed E-state index contributed by atoms with van der Waals surface area (Å²) in [7, 11) is 2.21. The molecule has 0 bridgehead atoms. The Morgan fingerprint density at radius 3 is 2.38 bits per heavy atom. The van der Waals surface area contributed by atoms with Crippen molar-refractivity contribution in [3.63, 3.8) is 0 Å². The summed E-state index contributed by atoms with van der Waals surface area (Å²) in [6.45, 7) is 6.90. The van der Waals surface area contributed by atoms with Crippen molar-refractivity contribution >= 4 is 11.6 Å². The number of hydrogen-bond acceptors (Lipinski definition) is 3. The SMILES string of the molecule is CN1CCN(CCNC2(c3ccc(-c4ccccc4)c(Cl)c3)CC2)CC1. The molecule has 0 spiro atoms. The van der Waals surface area contributed by atoms with Crippen molar-refractivity contribution in [2.45, 2.75) is 18.4 Å². The van der Waals surface area contributed by atoms with Crippen molar-refractivity contribution in [3.8, 4) is 11.1 Å². The van der Waals surface area contributed by atoms with Crippen LogP contribution in [0, 0.1) is 0 Å². The molecule has 2 aromatic carbocycles. The molecule has 138 valence electrons. The lowest BCUT2D eigenvalue weighted by atomic mass is 9.99. The molecule has 0 atom stereocenters. The summed E-state index contributed by atoms with van der Waals surface area (Å²) in [6, 6.07) is 17.0. The Morgan fingerprint density at radius 2 is 1.73 bits per heavy atom. The third kappa shape index (κ3) is 3.96. The fourth-order valence-corrected chi connectivity index (χ4v) is 4.17. The topological polar surface area (TPSA) is 18.5 Å². The molecule has 2 fully saturated rings. The van der Waals surface area contributed by atoms with Crippen LogP contribution in [0.2, 0.25) is 5.02 Å². The molecule has 0 unspecified atom stereocenters. The molecule has 2 aromatic rings. The highest BCUT2D eigenvalue weighted by Gasteiger charge is 2.43. The van der Waals surface area contributed by atoms with Crippen LogP contribution in [0.1, 0.15) is 18.4 Å². The van der Waals surface area contributed by atoms with Crippen LogP contribution in [0.4, 0.5) is 0 Å². The van der Waals surface area contributed by atoms with Gasteiger partial charge >= 0.3 is 0 Å². The quantitative estimate of drug-likeness (QED) is 0.834. The lowest BCUT2D eigenvalue weighted by Crippen LogP contribution is -2.47. The maximum atomic E-state index is 6.63. The fraction of sp³-hybridized carbons (Fsp3) is 0.455. The minimum Gasteiger partial charge on any atom is -0.306 e. The van der Waals surface area contributed by atoms with E-state index in [0.29, 0.717) is 0 Å². The molecule has 0 radical (unpaired) electrons. The van der Waals surface area contributed by atoms with E-state index in [0.717, 1.165) is 23.7 Å². The van der Waals surface area contributed by atoms with Crippen molar-refractivity contribution in [2.24, 2.45) is 0 Å². The van der Waals surface area contributed by atoms with Crippen molar-refractivity contribution in [1.29, 1.82) is 0 Å². The van der Waals surface area contributed by atoms with Gasteiger partial charge < -0.3 is 10.2 Å². The standard InChI is InChI=1S/C22H28ClN3/c1-25-13-15-26(16-14-25)12-11-24-22(9-10-22)19-7-8-20(21(23)17-19)18-5-3-2-4-6-18/h2-8,17,24H,9-16H2,1H3. The number of nitrogens with one attached hydrogen (secondary N) is 1. The van der Waals surface area contributed by atoms with Crippen molar-refractivity contribution in [1.82, 2.24) is 15.1 Å². The summed E-state index contributed by atoms with van der Waals surface area (Å²) in [5.41, 5.74) is 3.77. The summed E-state index contributed by atoms with van der Waals surface area (Å²) < 4.78 is 0. The van der Waals surface area contributed by atoms with Crippen LogP contribution in [0.15, 0.2) is 48.5 Å². The van der Waals surface area contributed by atoms with Crippen molar-refractivity contribution in [2.75, 3.05) is 46.3 Å². The highest BCUT2D eigenvalue weighted by atomic mass is 35.5. The van der Waals surface area contributed by atoms with E-state index in [2.05, 4.69) is 64.6 Å². The molecule has 26 heavy (non-hydrogen) atoms. The molecule has 3 nitrogen and oxygen atoms in total. The molecule has 1 heterocycles. The molecule has 2 aliphatic rings. The second-order valence-electron chi connectivity index (χ2n) is 7.71. The monoisotopic (exact) mass is 369 g/mol. The highest BCUT2D eigenvalue weighted by molar-refractivity contribution is 6.33. The zero-order valence-corrected chi connectivity index (χ0v) is 16.3. The molecule has 0 aromatic heterocycles.